The molecule has 0 fully saturated rings. The van der Waals surface area contributed by atoms with Gasteiger partial charge in [0.1, 0.15) is 22.9 Å². The molecule has 4 aromatic rings. The molecule has 2 aromatic carbocycles. The number of rotatable bonds is 2. The van der Waals surface area contributed by atoms with Crippen LogP contribution < -0.4 is 5.32 Å². The first-order valence-electron chi connectivity index (χ1n) is 7.05. The van der Waals surface area contributed by atoms with Crippen molar-refractivity contribution in [3.05, 3.63) is 57.8 Å². The van der Waals surface area contributed by atoms with Crippen LogP contribution in [0, 0.1) is 11.3 Å². The Labute approximate surface area is 150 Å². The number of halogens is 2. The van der Waals surface area contributed by atoms with E-state index >= 15 is 0 Å². The molecule has 0 aliphatic carbocycles. The Balaban J connectivity index is 1.91. The number of hydrogen-bond acceptors (Lipinski definition) is 4. The Morgan fingerprint density at radius 3 is 2.83 bits per heavy atom. The zero-order chi connectivity index (χ0) is 16.7. The third-order valence-corrected chi connectivity index (χ3v) is 4.57. The fourth-order valence-electron chi connectivity index (χ4n) is 2.54. The van der Waals surface area contributed by atoms with Gasteiger partial charge in [-0.05, 0) is 46.3 Å². The monoisotopic (exact) mass is 397 g/mol. The minimum absolute atomic E-state index is 0.458. The molecule has 0 bridgehead atoms. The lowest BCUT2D eigenvalue weighted by molar-refractivity contribution is 1.33. The molecular formula is C17H9BrClN5. The van der Waals surface area contributed by atoms with Crippen LogP contribution >= 0.6 is 27.5 Å². The third kappa shape index (κ3) is 2.48. The van der Waals surface area contributed by atoms with Crippen molar-refractivity contribution in [1.82, 2.24) is 15.0 Å². The van der Waals surface area contributed by atoms with Crippen LogP contribution in [-0.2, 0) is 0 Å². The predicted octanol–water partition coefficient (Wildman–Crippen LogP) is 5.14. The number of anilines is 2. The minimum atomic E-state index is 0.458. The molecule has 7 heteroatoms. The number of pyridine rings is 1. The number of H-pyrrole nitrogens is 1. The molecule has 0 aliphatic heterocycles. The second kappa shape index (κ2) is 5.78. The van der Waals surface area contributed by atoms with Crippen LogP contribution in [0.2, 0.25) is 5.02 Å². The smallest absolute Gasteiger partial charge is 0.149 e. The zero-order valence-corrected chi connectivity index (χ0v) is 14.5. The number of aromatic amines is 1. The molecule has 2 heterocycles. The fourth-order valence-corrected chi connectivity index (χ4v) is 3.32. The number of nitriles is 1. The van der Waals surface area contributed by atoms with Gasteiger partial charge in [0.05, 0.1) is 23.1 Å². The highest BCUT2D eigenvalue weighted by Gasteiger charge is 2.12. The van der Waals surface area contributed by atoms with Crippen LogP contribution in [0.1, 0.15) is 5.56 Å². The van der Waals surface area contributed by atoms with Gasteiger partial charge in [0.2, 0.25) is 0 Å². The van der Waals surface area contributed by atoms with Gasteiger partial charge in [-0.2, -0.15) is 5.26 Å². The Morgan fingerprint density at radius 1 is 1.17 bits per heavy atom. The van der Waals surface area contributed by atoms with Crippen molar-refractivity contribution in [3.8, 4) is 6.07 Å². The highest BCUT2D eigenvalue weighted by atomic mass is 79.9. The van der Waals surface area contributed by atoms with Gasteiger partial charge in [-0.1, -0.05) is 17.7 Å². The van der Waals surface area contributed by atoms with Crippen molar-refractivity contribution in [2.45, 2.75) is 0 Å². The van der Waals surface area contributed by atoms with Crippen molar-refractivity contribution < 1.29 is 0 Å². The molecule has 0 spiro atoms. The van der Waals surface area contributed by atoms with Crippen LogP contribution in [0.25, 0.3) is 21.9 Å². The summed E-state index contributed by atoms with van der Waals surface area (Å²) in [5.41, 5.74) is 3.64. The topological polar surface area (TPSA) is 77.4 Å². The average molecular weight is 399 g/mol. The third-order valence-electron chi connectivity index (χ3n) is 3.68. The predicted molar refractivity (Wildman–Crippen MR) is 98.5 cm³/mol. The SMILES string of the molecule is N#Cc1cc2ccc3[nH]cnc3c2nc1Nc1ccc(Cl)cc1Br. The summed E-state index contributed by atoms with van der Waals surface area (Å²) < 4.78 is 0.791. The summed E-state index contributed by atoms with van der Waals surface area (Å²) >= 11 is 9.43. The van der Waals surface area contributed by atoms with E-state index in [1.165, 1.54) is 0 Å². The molecule has 4 rings (SSSR count). The fraction of sp³-hybridized carbons (Fsp3) is 0. The summed E-state index contributed by atoms with van der Waals surface area (Å²) in [5.74, 6) is 0.475. The number of nitrogens with zero attached hydrogens (tertiary/aromatic N) is 3. The summed E-state index contributed by atoms with van der Waals surface area (Å²) in [5, 5.41) is 14.1. The van der Waals surface area contributed by atoms with E-state index in [9.17, 15) is 5.26 Å². The lowest BCUT2D eigenvalue weighted by atomic mass is 10.1. The normalized spacial score (nSPS) is 10.9. The van der Waals surface area contributed by atoms with E-state index in [-0.39, 0.29) is 0 Å². The van der Waals surface area contributed by atoms with Gasteiger partial charge in [-0.15, -0.1) is 0 Å². The van der Waals surface area contributed by atoms with E-state index in [2.05, 4.69) is 42.3 Å². The molecule has 2 N–H and O–H groups in total. The summed E-state index contributed by atoms with van der Waals surface area (Å²) in [7, 11) is 0. The van der Waals surface area contributed by atoms with Crippen LogP contribution in [0.15, 0.2) is 47.2 Å². The van der Waals surface area contributed by atoms with E-state index in [1.54, 1.807) is 18.5 Å². The van der Waals surface area contributed by atoms with E-state index in [4.69, 9.17) is 11.6 Å². The summed E-state index contributed by atoms with van der Waals surface area (Å²) in [4.78, 5) is 12.0. The van der Waals surface area contributed by atoms with Crippen molar-refractivity contribution in [1.29, 1.82) is 5.26 Å². The second-order valence-corrected chi connectivity index (χ2v) is 6.47. The Bertz CT molecular complexity index is 1130. The van der Waals surface area contributed by atoms with Gasteiger partial charge in [-0.3, -0.25) is 0 Å². The molecule has 24 heavy (non-hydrogen) atoms. The van der Waals surface area contributed by atoms with Crippen LogP contribution in [0.4, 0.5) is 11.5 Å². The Kier molecular flexibility index (Phi) is 3.60. The molecule has 0 aliphatic rings. The molecule has 2 aromatic heterocycles. The maximum absolute atomic E-state index is 9.46. The average Bonchev–Trinajstić information content (AvgIpc) is 3.06. The van der Waals surface area contributed by atoms with Gasteiger partial charge in [-0.25, -0.2) is 9.97 Å². The Hall–Kier alpha value is -2.62. The van der Waals surface area contributed by atoms with E-state index in [1.807, 2.05) is 24.3 Å². The number of fused-ring (bicyclic) bond motifs is 3. The first-order valence-corrected chi connectivity index (χ1v) is 8.22. The van der Waals surface area contributed by atoms with Gasteiger partial charge in [0, 0.05) is 14.9 Å². The molecule has 0 atom stereocenters. The summed E-state index contributed by atoms with van der Waals surface area (Å²) in [6, 6.07) is 13.2. The first kappa shape index (κ1) is 14.9. The molecule has 116 valence electrons. The van der Waals surface area contributed by atoms with Gasteiger partial charge < -0.3 is 10.3 Å². The van der Waals surface area contributed by atoms with Crippen molar-refractivity contribution in [3.63, 3.8) is 0 Å². The quantitative estimate of drug-likeness (QED) is 0.490. The molecule has 0 saturated carbocycles. The number of hydrogen-bond donors (Lipinski definition) is 2. The molecule has 0 unspecified atom stereocenters. The molecule has 0 saturated heterocycles. The Morgan fingerprint density at radius 2 is 2.04 bits per heavy atom. The maximum atomic E-state index is 9.46. The van der Waals surface area contributed by atoms with Crippen LogP contribution in [0.3, 0.4) is 0 Å². The molecule has 5 nitrogen and oxygen atoms in total. The number of imidazole rings is 1. The first-order chi connectivity index (χ1) is 11.7. The standard InChI is InChI=1S/C17H9BrClN5/c18-12-6-11(19)2-4-13(12)23-17-10(7-20)5-9-1-3-14-16(15(9)24-17)22-8-21-14/h1-6,8H,(H,21,22)(H,23,24). The molecule has 0 amide bonds. The van der Waals surface area contributed by atoms with Crippen molar-refractivity contribution in [2.24, 2.45) is 0 Å². The largest absolute Gasteiger partial charge is 0.345 e. The lowest BCUT2D eigenvalue weighted by Crippen LogP contribution is -1.99. The highest BCUT2D eigenvalue weighted by molar-refractivity contribution is 9.10. The van der Waals surface area contributed by atoms with E-state index in [0.717, 1.165) is 32.1 Å². The molecule has 0 radical (unpaired) electrons. The van der Waals surface area contributed by atoms with Crippen LogP contribution in [0.5, 0.6) is 0 Å². The summed E-state index contributed by atoms with van der Waals surface area (Å²) in [6.45, 7) is 0. The second-order valence-electron chi connectivity index (χ2n) is 5.18. The van der Waals surface area contributed by atoms with Crippen LogP contribution in [-0.4, -0.2) is 15.0 Å². The van der Waals surface area contributed by atoms with Gasteiger partial charge >= 0.3 is 0 Å². The number of nitrogens with one attached hydrogen (secondary N) is 2. The van der Waals surface area contributed by atoms with Gasteiger partial charge in [0.25, 0.3) is 0 Å². The van der Waals surface area contributed by atoms with Crippen molar-refractivity contribution >= 4 is 61.0 Å². The molecular weight excluding hydrogens is 390 g/mol. The van der Waals surface area contributed by atoms with Crippen molar-refractivity contribution in [2.75, 3.05) is 5.32 Å². The number of aromatic nitrogens is 3. The highest BCUT2D eigenvalue weighted by Crippen LogP contribution is 2.31. The zero-order valence-electron chi connectivity index (χ0n) is 12.1. The van der Waals surface area contributed by atoms with E-state index < -0.39 is 0 Å². The summed E-state index contributed by atoms with van der Waals surface area (Å²) in [6.07, 6.45) is 1.63. The maximum Gasteiger partial charge on any atom is 0.149 e. The number of benzene rings is 2. The van der Waals surface area contributed by atoms with E-state index in [0.29, 0.717) is 16.4 Å². The minimum Gasteiger partial charge on any atom is -0.345 e. The van der Waals surface area contributed by atoms with Gasteiger partial charge in [0.15, 0.2) is 0 Å². The lowest BCUT2D eigenvalue weighted by Gasteiger charge is -2.11.